The number of H-pyrrole nitrogens is 1. The number of furan rings is 1. The molecule has 0 radical (unpaired) electrons. The molecule has 1 aromatic carbocycles. The molecule has 0 fully saturated rings. The summed E-state index contributed by atoms with van der Waals surface area (Å²) in [5.74, 6) is 0.752. The maximum Gasteiger partial charge on any atom is 0.416 e. The lowest BCUT2D eigenvalue weighted by atomic mass is 10.1. The summed E-state index contributed by atoms with van der Waals surface area (Å²) in [4.78, 5) is 19.6. The maximum absolute atomic E-state index is 13.0. The summed E-state index contributed by atoms with van der Waals surface area (Å²) in [6, 6.07) is 13.9. The third-order valence-electron chi connectivity index (χ3n) is 5.42. The molecule has 33 heavy (non-hydrogen) atoms. The molecule has 4 aromatic rings. The van der Waals surface area contributed by atoms with Crippen LogP contribution >= 0.6 is 0 Å². The van der Waals surface area contributed by atoms with E-state index < -0.39 is 11.7 Å². The van der Waals surface area contributed by atoms with Crippen LogP contribution in [-0.2, 0) is 12.6 Å². The molecule has 0 atom stereocenters. The van der Waals surface area contributed by atoms with Gasteiger partial charge in [0.05, 0.1) is 16.8 Å². The van der Waals surface area contributed by atoms with E-state index in [1.165, 1.54) is 6.07 Å². The highest BCUT2D eigenvalue weighted by Crippen LogP contribution is 2.33. The highest BCUT2D eigenvalue weighted by Gasteiger charge is 2.30. The Labute approximate surface area is 187 Å². The molecule has 0 unspecified atom stereocenters. The normalized spacial score (nSPS) is 13.8. The molecule has 0 aliphatic carbocycles. The van der Waals surface area contributed by atoms with Gasteiger partial charge in [0, 0.05) is 41.7 Å². The molecule has 0 saturated carbocycles. The lowest BCUT2D eigenvalue weighted by molar-refractivity contribution is -0.137. The zero-order chi connectivity index (χ0) is 23.0. The number of alkyl halides is 3. The van der Waals surface area contributed by atoms with Crippen molar-refractivity contribution >= 4 is 18.1 Å². The van der Waals surface area contributed by atoms with Gasteiger partial charge in [-0.25, -0.2) is 0 Å². The Kier molecular flexibility index (Phi) is 5.12. The standard InChI is InChI=1S/C25H18F3N3O2/c26-25(27,28)17-3-1-2-16(12-17)23-7-6-19(33-23)5-4-18-13-15(8-10-29-18)22-14-20-21(31-22)9-11-30-24(20)32/h1-8,10,12-14,31H,9,11H2,(H,30,32)/b5-4-. The molecule has 5 nitrogen and oxygen atoms in total. The minimum atomic E-state index is -4.41. The molecule has 0 spiro atoms. The fraction of sp³-hybridized carbons (Fsp3) is 0.120. The monoisotopic (exact) mass is 449 g/mol. The smallest absolute Gasteiger partial charge is 0.416 e. The van der Waals surface area contributed by atoms with Gasteiger partial charge in [-0.2, -0.15) is 13.2 Å². The highest BCUT2D eigenvalue weighted by atomic mass is 19.4. The molecule has 0 bridgehead atoms. The molecule has 2 N–H and O–H groups in total. The third kappa shape index (κ3) is 4.32. The topological polar surface area (TPSA) is 70.9 Å². The van der Waals surface area contributed by atoms with Crippen LogP contribution in [-0.4, -0.2) is 22.4 Å². The molecule has 166 valence electrons. The van der Waals surface area contributed by atoms with Gasteiger partial charge in [-0.15, -0.1) is 0 Å². The fourth-order valence-corrected chi connectivity index (χ4v) is 3.77. The number of rotatable bonds is 4. The largest absolute Gasteiger partial charge is 0.457 e. The Morgan fingerprint density at radius 2 is 1.88 bits per heavy atom. The number of amides is 1. The van der Waals surface area contributed by atoms with E-state index in [1.807, 2.05) is 18.2 Å². The first-order valence-corrected chi connectivity index (χ1v) is 10.3. The Bertz CT molecular complexity index is 1370. The minimum absolute atomic E-state index is 0.0812. The summed E-state index contributed by atoms with van der Waals surface area (Å²) in [7, 11) is 0. The van der Waals surface area contributed by atoms with E-state index in [2.05, 4.69) is 15.3 Å². The Morgan fingerprint density at radius 3 is 2.70 bits per heavy atom. The predicted molar refractivity (Wildman–Crippen MR) is 118 cm³/mol. The average Bonchev–Trinajstić information content (AvgIpc) is 3.46. The summed E-state index contributed by atoms with van der Waals surface area (Å²) >= 11 is 0. The van der Waals surface area contributed by atoms with Crippen LogP contribution in [0.5, 0.6) is 0 Å². The van der Waals surface area contributed by atoms with E-state index in [0.29, 0.717) is 34.9 Å². The van der Waals surface area contributed by atoms with E-state index in [9.17, 15) is 18.0 Å². The summed E-state index contributed by atoms with van der Waals surface area (Å²) in [6.45, 7) is 0.613. The van der Waals surface area contributed by atoms with Gasteiger partial charge in [0.15, 0.2) is 0 Å². The molecule has 5 rings (SSSR count). The summed E-state index contributed by atoms with van der Waals surface area (Å²) in [5, 5.41) is 2.83. The first-order chi connectivity index (χ1) is 15.9. The fourth-order valence-electron chi connectivity index (χ4n) is 3.77. The number of hydrogen-bond acceptors (Lipinski definition) is 3. The van der Waals surface area contributed by atoms with Crippen LogP contribution in [0.2, 0.25) is 0 Å². The molecular formula is C25H18F3N3O2. The van der Waals surface area contributed by atoms with E-state index in [1.54, 1.807) is 36.5 Å². The van der Waals surface area contributed by atoms with Crippen LogP contribution in [0.4, 0.5) is 13.2 Å². The number of aromatic amines is 1. The molecular weight excluding hydrogens is 431 g/mol. The second-order valence-corrected chi connectivity index (χ2v) is 7.66. The first-order valence-electron chi connectivity index (χ1n) is 10.3. The number of pyridine rings is 1. The van der Waals surface area contributed by atoms with Crippen molar-refractivity contribution in [3.05, 3.63) is 89.1 Å². The van der Waals surface area contributed by atoms with Crippen molar-refractivity contribution in [3.63, 3.8) is 0 Å². The van der Waals surface area contributed by atoms with Gasteiger partial charge in [-0.1, -0.05) is 12.1 Å². The zero-order valence-corrected chi connectivity index (χ0v) is 17.2. The summed E-state index contributed by atoms with van der Waals surface area (Å²) < 4.78 is 44.6. The van der Waals surface area contributed by atoms with E-state index in [0.717, 1.165) is 35.5 Å². The Morgan fingerprint density at radius 1 is 1.00 bits per heavy atom. The summed E-state index contributed by atoms with van der Waals surface area (Å²) in [6.07, 6.45) is 1.48. The molecule has 8 heteroatoms. The number of hydrogen-bond donors (Lipinski definition) is 2. The second kappa shape index (κ2) is 8.12. The number of aromatic nitrogens is 2. The number of halogens is 3. The molecule has 1 aliphatic rings. The molecule has 3 aromatic heterocycles. The van der Waals surface area contributed by atoms with Crippen LogP contribution in [0, 0.1) is 0 Å². The molecule has 1 amide bonds. The second-order valence-electron chi connectivity index (χ2n) is 7.66. The third-order valence-corrected chi connectivity index (χ3v) is 5.42. The van der Waals surface area contributed by atoms with Gasteiger partial charge in [-0.05, 0) is 54.6 Å². The van der Waals surface area contributed by atoms with Gasteiger partial charge in [0.2, 0.25) is 0 Å². The minimum Gasteiger partial charge on any atom is -0.457 e. The van der Waals surface area contributed by atoms with Crippen LogP contribution in [0.1, 0.15) is 33.1 Å². The van der Waals surface area contributed by atoms with E-state index >= 15 is 0 Å². The number of fused-ring (bicyclic) bond motifs is 1. The van der Waals surface area contributed by atoms with Crippen molar-refractivity contribution in [2.24, 2.45) is 0 Å². The van der Waals surface area contributed by atoms with Gasteiger partial charge in [0.1, 0.15) is 11.5 Å². The van der Waals surface area contributed by atoms with Crippen LogP contribution in [0.15, 0.2) is 65.2 Å². The number of carbonyl (C=O) groups excluding carboxylic acids is 1. The van der Waals surface area contributed by atoms with Gasteiger partial charge < -0.3 is 14.7 Å². The van der Waals surface area contributed by atoms with Gasteiger partial charge in [-0.3, -0.25) is 9.78 Å². The van der Waals surface area contributed by atoms with Crippen molar-refractivity contribution < 1.29 is 22.4 Å². The van der Waals surface area contributed by atoms with Crippen molar-refractivity contribution in [1.29, 1.82) is 0 Å². The predicted octanol–water partition coefficient (Wildman–Crippen LogP) is 5.81. The zero-order valence-electron chi connectivity index (χ0n) is 17.2. The van der Waals surface area contributed by atoms with Crippen LogP contribution in [0.3, 0.4) is 0 Å². The van der Waals surface area contributed by atoms with Gasteiger partial charge >= 0.3 is 6.18 Å². The van der Waals surface area contributed by atoms with E-state index in [4.69, 9.17) is 4.42 Å². The lowest BCUT2D eigenvalue weighted by Gasteiger charge is -2.10. The van der Waals surface area contributed by atoms with Crippen molar-refractivity contribution in [3.8, 4) is 22.6 Å². The molecule has 0 saturated heterocycles. The Hall–Kier alpha value is -4.07. The van der Waals surface area contributed by atoms with Crippen LogP contribution in [0.25, 0.3) is 34.7 Å². The first kappa shape index (κ1) is 20.8. The summed E-state index contributed by atoms with van der Waals surface area (Å²) in [5.41, 5.74) is 3.59. The number of benzene rings is 1. The lowest BCUT2D eigenvalue weighted by Crippen LogP contribution is -2.31. The SMILES string of the molecule is O=C1NCCc2[nH]c(-c3ccnc(/C=C\c4ccc(-c5cccc(C(F)(F)F)c5)o4)c3)cc21. The van der Waals surface area contributed by atoms with Gasteiger partial charge in [0.25, 0.3) is 5.91 Å². The average molecular weight is 449 g/mol. The Balaban J connectivity index is 1.36. The number of nitrogens with one attached hydrogen (secondary N) is 2. The number of nitrogens with zero attached hydrogens (tertiary/aromatic N) is 1. The van der Waals surface area contributed by atoms with Crippen molar-refractivity contribution in [2.45, 2.75) is 12.6 Å². The highest BCUT2D eigenvalue weighted by molar-refractivity contribution is 5.97. The molecule has 1 aliphatic heterocycles. The maximum atomic E-state index is 13.0. The van der Waals surface area contributed by atoms with Crippen molar-refractivity contribution in [1.82, 2.24) is 15.3 Å². The molecule has 4 heterocycles. The van der Waals surface area contributed by atoms with Crippen molar-refractivity contribution in [2.75, 3.05) is 6.54 Å². The number of carbonyl (C=O) groups is 1. The quantitative estimate of drug-likeness (QED) is 0.413. The van der Waals surface area contributed by atoms with Crippen LogP contribution < -0.4 is 5.32 Å². The van der Waals surface area contributed by atoms with E-state index in [-0.39, 0.29) is 5.91 Å².